The Hall–Kier alpha value is -3.18. The lowest BCUT2D eigenvalue weighted by Crippen LogP contribution is -2.06. The Balaban J connectivity index is 0.000000532. The van der Waals surface area contributed by atoms with Crippen molar-refractivity contribution in [3.05, 3.63) is 107 Å². The van der Waals surface area contributed by atoms with Crippen molar-refractivity contribution in [2.24, 2.45) is 0 Å². The maximum atomic E-state index is 13.0. The Kier molecular flexibility index (Phi) is 36.7. The zero-order chi connectivity index (χ0) is 48.6. The molecule has 0 amide bonds. The smallest absolute Gasteiger partial charge is 0.474 e. The number of phosphoric acid groups is 2. The molecule has 0 radical (unpaired) electrons. The molecule has 0 aliphatic carbocycles. The Labute approximate surface area is 397 Å². The lowest BCUT2D eigenvalue weighted by molar-refractivity contribution is 0.0651. The van der Waals surface area contributed by atoms with Crippen molar-refractivity contribution in [2.45, 2.75) is 181 Å². The molecule has 0 bridgehead atoms. The molecule has 0 aliphatic heterocycles. The van der Waals surface area contributed by atoms with Crippen LogP contribution in [-0.4, -0.2) is 58.4 Å². The summed E-state index contributed by atoms with van der Waals surface area (Å²) >= 11 is 0. The third-order valence-corrected chi connectivity index (χ3v) is 12.9. The molecule has 14 heteroatoms. The van der Waals surface area contributed by atoms with Crippen LogP contribution in [0.1, 0.15) is 213 Å². The second-order valence-electron chi connectivity index (χ2n) is 16.7. The van der Waals surface area contributed by atoms with Crippen LogP contribution in [0.3, 0.4) is 0 Å². The summed E-state index contributed by atoms with van der Waals surface area (Å²) in [6, 6.07) is 26.7. The molecular formula is C52H84O12P2. The fourth-order valence-electron chi connectivity index (χ4n) is 7.20. The first-order valence-electron chi connectivity index (χ1n) is 24.8. The average molecular weight is 963 g/mol. The summed E-state index contributed by atoms with van der Waals surface area (Å²) in [4.78, 5) is 38.2. The highest BCUT2D eigenvalue weighted by Gasteiger charge is 2.26. The first kappa shape index (κ1) is 60.8. The number of phosphoric ester groups is 2. The number of hydrogen-bond donors (Lipinski definition) is 4. The first-order chi connectivity index (χ1) is 31.9. The van der Waals surface area contributed by atoms with Gasteiger partial charge in [0.05, 0.1) is 37.6 Å². The summed E-state index contributed by atoms with van der Waals surface area (Å²) in [6.45, 7) is 8.20. The number of aromatic carboxylic acids is 2. The number of unbranched alkanes of at least 4 members (excludes halogenated alkanes) is 19. The fourth-order valence-corrected chi connectivity index (χ4v) is 8.85. The van der Waals surface area contributed by atoms with Crippen molar-refractivity contribution in [3.63, 3.8) is 0 Å². The molecule has 0 fully saturated rings. The largest absolute Gasteiger partial charge is 0.478 e. The molecule has 66 heavy (non-hydrogen) atoms. The van der Waals surface area contributed by atoms with E-state index in [4.69, 9.17) is 33.6 Å². The summed E-state index contributed by atoms with van der Waals surface area (Å²) in [5.41, 5.74) is 2.32. The van der Waals surface area contributed by atoms with Gasteiger partial charge in [0.25, 0.3) is 0 Å². The third kappa shape index (κ3) is 32.5. The van der Waals surface area contributed by atoms with Gasteiger partial charge in [-0.3, -0.25) is 18.1 Å². The summed E-state index contributed by atoms with van der Waals surface area (Å²) in [5, 5.41) is 17.1. The predicted molar refractivity (Wildman–Crippen MR) is 266 cm³/mol. The highest BCUT2D eigenvalue weighted by molar-refractivity contribution is 7.48. The molecule has 0 atom stereocenters. The normalized spacial score (nSPS) is 11.4. The van der Waals surface area contributed by atoms with E-state index in [9.17, 15) is 18.7 Å². The molecule has 12 nitrogen and oxygen atoms in total. The molecule has 3 rings (SSSR count). The van der Waals surface area contributed by atoms with Gasteiger partial charge in [-0.15, -0.1) is 0 Å². The van der Waals surface area contributed by atoms with Gasteiger partial charge in [-0.05, 0) is 55.4 Å². The van der Waals surface area contributed by atoms with Gasteiger partial charge < -0.3 is 20.0 Å². The minimum atomic E-state index is -4.31. The molecular weight excluding hydrogens is 879 g/mol. The third-order valence-electron chi connectivity index (χ3n) is 10.9. The fraction of sp³-hybridized carbons (Fsp3) is 0.615. The van der Waals surface area contributed by atoms with E-state index < -0.39 is 27.6 Å². The van der Waals surface area contributed by atoms with Gasteiger partial charge in [0, 0.05) is 5.92 Å². The van der Waals surface area contributed by atoms with Gasteiger partial charge >= 0.3 is 27.6 Å². The monoisotopic (exact) mass is 963 g/mol. The summed E-state index contributed by atoms with van der Waals surface area (Å²) < 4.78 is 44.9. The van der Waals surface area contributed by atoms with Crippen molar-refractivity contribution in [3.8, 4) is 0 Å². The first-order valence-corrected chi connectivity index (χ1v) is 27.8. The Morgan fingerprint density at radius 3 is 1.03 bits per heavy atom. The molecule has 0 aliphatic rings. The maximum Gasteiger partial charge on any atom is 0.474 e. The standard InChI is InChI=1S/C24H51O4P.C20H27O4P.C8H6O4/c1-4-7-10-13-16-19-22-26-29(25,27-23-20-17-14-11-8-5-2)28-24-21-18-15-12-9-6-3;21-25(22,23)24-17-11-3-1-2-10-16-20(18-12-6-4-7-13-18)19-14-8-5-9-15-19;9-7(10)5-3-1-2-4-6(5)8(11)12/h4-24H2,1-3H3;4-9,12-15,20H,1-3,10-11,16-17H2,(H2,21,22,23);1-4H,(H,9,10)(H,11,12). The Bertz CT molecular complexity index is 1600. The van der Waals surface area contributed by atoms with Crippen molar-refractivity contribution >= 4 is 27.6 Å². The van der Waals surface area contributed by atoms with E-state index >= 15 is 0 Å². The number of rotatable bonds is 37. The van der Waals surface area contributed by atoms with E-state index in [-0.39, 0.29) is 17.7 Å². The van der Waals surface area contributed by atoms with Crippen molar-refractivity contribution < 1.29 is 56.8 Å². The summed E-state index contributed by atoms with van der Waals surface area (Å²) in [5.74, 6) is -2.04. The zero-order valence-corrected chi connectivity index (χ0v) is 42.2. The minimum Gasteiger partial charge on any atom is -0.478 e. The van der Waals surface area contributed by atoms with Crippen LogP contribution >= 0.6 is 15.6 Å². The SMILES string of the molecule is CCCCCCCCOP(=O)(OCCCCCCCC)OCCCCCCCC.O=C(O)c1ccccc1C(=O)O.O=P(O)(O)OCCCCCCCC(c1ccccc1)c1ccccc1. The Morgan fingerprint density at radius 1 is 0.424 bits per heavy atom. The van der Waals surface area contributed by atoms with Crippen molar-refractivity contribution in [1.82, 2.24) is 0 Å². The van der Waals surface area contributed by atoms with Gasteiger partial charge in [-0.2, -0.15) is 0 Å². The molecule has 4 N–H and O–H groups in total. The molecule has 3 aromatic carbocycles. The molecule has 0 heterocycles. The lowest BCUT2D eigenvalue weighted by Gasteiger charge is -2.18. The van der Waals surface area contributed by atoms with Crippen molar-refractivity contribution in [1.29, 1.82) is 0 Å². The van der Waals surface area contributed by atoms with Crippen molar-refractivity contribution in [2.75, 3.05) is 26.4 Å². The highest BCUT2D eigenvalue weighted by Crippen LogP contribution is 2.50. The molecule has 3 aromatic rings. The Morgan fingerprint density at radius 2 is 0.712 bits per heavy atom. The topological polar surface area (TPSA) is 186 Å². The van der Waals surface area contributed by atoms with Gasteiger partial charge in [-0.25, -0.2) is 18.7 Å². The minimum absolute atomic E-state index is 0.126. The average Bonchev–Trinajstić information content (AvgIpc) is 3.31. The second-order valence-corrected chi connectivity index (χ2v) is 19.6. The van der Waals surface area contributed by atoms with E-state index in [2.05, 4.69) is 73.8 Å². The predicted octanol–water partition coefficient (Wildman–Crippen LogP) is 15.6. The van der Waals surface area contributed by atoms with E-state index in [0.717, 1.165) is 70.6 Å². The molecule has 0 saturated heterocycles. The second kappa shape index (κ2) is 39.8. The molecule has 0 unspecified atom stereocenters. The molecule has 0 aromatic heterocycles. The van der Waals surface area contributed by atoms with Gasteiger partial charge in [0.2, 0.25) is 0 Å². The maximum absolute atomic E-state index is 13.0. The van der Waals surface area contributed by atoms with Gasteiger partial charge in [-0.1, -0.05) is 216 Å². The van der Waals surface area contributed by atoms with Crippen LogP contribution in [0, 0.1) is 0 Å². The van der Waals surface area contributed by atoms with E-state index in [0.29, 0.717) is 32.2 Å². The number of carboxylic acids is 2. The number of benzene rings is 3. The zero-order valence-electron chi connectivity index (χ0n) is 40.4. The van der Waals surface area contributed by atoms with Gasteiger partial charge in [0.1, 0.15) is 0 Å². The van der Waals surface area contributed by atoms with Gasteiger partial charge in [0.15, 0.2) is 0 Å². The van der Waals surface area contributed by atoms with Crippen LogP contribution in [0.5, 0.6) is 0 Å². The molecule has 374 valence electrons. The molecule has 0 spiro atoms. The van der Waals surface area contributed by atoms with Crippen LogP contribution in [0.15, 0.2) is 84.9 Å². The number of carboxylic acid groups (broad SMARTS) is 2. The van der Waals surface area contributed by atoms with Crippen LogP contribution in [0.25, 0.3) is 0 Å². The molecule has 0 saturated carbocycles. The lowest BCUT2D eigenvalue weighted by atomic mass is 9.87. The highest BCUT2D eigenvalue weighted by atomic mass is 31.2. The van der Waals surface area contributed by atoms with Crippen LogP contribution < -0.4 is 0 Å². The van der Waals surface area contributed by atoms with Crippen LogP contribution in [-0.2, 0) is 27.2 Å². The van der Waals surface area contributed by atoms with Crippen LogP contribution in [0.2, 0.25) is 0 Å². The number of carbonyl (C=O) groups is 2. The van der Waals surface area contributed by atoms with E-state index in [1.165, 1.54) is 112 Å². The summed E-state index contributed by atoms with van der Waals surface area (Å²) in [7, 11) is -7.71. The van der Waals surface area contributed by atoms with E-state index in [1.807, 2.05) is 12.1 Å². The number of hydrogen-bond acceptors (Lipinski definition) is 8. The summed E-state index contributed by atoms with van der Waals surface area (Å²) in [6.07, 6.45) is 27.3. The quantitative estimate of drug-likeness (QED) is 0.0317. The van der Waals surface area contributed by atoms with Crippen LogP contribution in [0.4, 0.5) is 0 Å². The van der Waals surface area contributed by atoms with E-state index in [1.54, 1.807) is 0 Å².